The minimum absolute atomic E-state index is 0.0209. The molecule has 1 aliphatic rings. The number of anilines is 2. The summed E-state index contributed by atoms with van der Waals surface area (Å²) in [5, 5.41) is 21.4. The predicted octanol–water partition coefficient (Wildman–Crippen LogP) is 1.12. The van der Waals surface area contributed by atoms with Crippen molar-refractivity contribution in [3.05, 3.63) is 48.2 Å². The number of ether oxygens (including phenoxy) is 1. The van der Waals surface area contributed by atoms with Gasteiger partial charge >= 0.3 is 0 Å². The highest BCUT2D eigenvalue weighted by Gasteiger charge is 2.42. The molecule has 2 heterocycles. The summed E-state index contributed by atoms with van der Waals surface area (Å²) in [6, 6.07) is 12.2. The van der Waals surface area contributed by atoms with Crippen LogP contribution in [0, 0.1) is 0 Å². The number of nitrogens with two attached hydrogens (primary N) is 1. The molecule has 1 saturated heterocycles. The highest BCUT2D eigenvalue weighted by atomic mass is 16.5. The number of rotatable bonds is 6. The van der Waals surface area contributed by atoms with Crippen LogP contribution >= 0.6 is 0 Å². The van der Waals surface area contributed by atoms with Gasteiger partial charge < -0.3 is 20.9 Å². The first-order valence-electron chi connectivity index (χ1n) is 8.44. The van der Waals surface area contributed by atoms with E-state index in [1.807, 2.05) is 18.2 Å². The van der Waals surface area contributed by atoms with E-state index in [0.29, 0.717) is 31.3 Å². The lowest BCUT2D eigenvalue weighted by Crippen LogP contribution is -2.65. The summed E-state index contributed by atoms with van der Waals surface area (Å²) < 4.78 is 5.77. The van der Waals surface area contributed by atoms with E-state index in [-0.39, 0.29) is 12.6 Å². The highest BCUT2D eigenvalue weighted by molar-refractivity contribution is 5.46. The van der Waals surface area contributed by atoms with E-state index in [4.69, 9.17) is 10.5 Å². The second kappa shape index (κ2) is 7.77. The molecule has 0 aliphatic carbocycles. The fraction of sp³-hybridized carbons (Fsp3) is 0.444. The molecular weight excluding hydrogens is 318 g/mol. The number of benzene rings is 1. The summed E-state index contributed by atoms with van der Waals surface area (Å²) in [6.45, 7) is 4.42. The highest BCUT2D eigenvalue weighted by Crippen LogP contribution is 2.27. The van der Waals surface area contributed by atoms with Crippen LogP contribution in [0.4, 0.5) is 11.5 Å². The molecule has 1 aromatic heterocycles. The molecule has 25 heavy (non-hydrogen) atoms. The molecule has 1 fully saturated rings. The zero-order chi connectivity index (χ0) is 17.7. The number of aliphatic hydroxyl groups is 1. The van der Waals surface area contributed by atoms with Crippen LogP contribution in [0.3, 0.4) is 0 Å². The van der Waals surface area contributed by atoms with Gasteiger partial charge in [0.2, 0.25) is 0 Å². The van der Waals surface area contributed by atoms with Gasteiger partial charge in [-0.2, -0.15) is 5.10 Å². The average Bonchev–Trinajstić information content (AvgIpc) is 2.63. The van der Waals surface area contributed by atoms with E-state index >= 15 is 0 Å². The largest absolute Gasteiger partial charge is 0.397 e. The number of aromatic nitrogens is 2. The van der Waals surface area contributed by atoms with E-state index < -0.39 is 5.54 Å². The second-order valence-corrected chi connectivity index (χ2v) is 6.59. The SMILES string of the molecule is C[C@@H]1COC[C@@](CO)(CNc2cc(N)cnn2)N1Cc1ccccc1. The third-order valence-electron chi connectivity index (χ3n) is 4.64. The zero-order valence-electron chi connectivity index (χ0n) is 14.4. The number of nitrogens with one attached hydrogen (secondary N) is 1. The fourth-order valence-electron chi connectivity index (χ4n) is 3.23. The molecule has 1 aromatic carbocycles. The molecule has 3 rings (SSSR count). The lowest BCUT2D eigenvalue weighted by molar-refractivity contribution is -0.117. The van der Waals surface area contributed by atoms with Crippen molar-refractivity contribution in [2.75, 3.05) is 37.4 Å². The fourth-order valence-corrected chi connectivity index (χ4v) is 3.23. The number of hydrogen-bond acceptors (Lipinski definition) is 7. The van der Waals surface area contributed by atoms with Crippen molar-refractivity contribution in [2.24, 2.45) is 0 Å². The van der Waals surface area contributed by atoms with E-state index in [2.05, 4.69) is 39.5 Å². The van der Waals surface area contributed by atoms with Gasteiger partial charge in [-0.1, -0.05) is 30.3 Å². The van der Waals surface area contributed by atoms with Crippen LogP contribution in [0.25, 0.3) is 0 Å². The number of nitrogens with zero attached hydrogens (tertiary/aromatic N) is 3. The Morgan fingerprint density at radius 2 is 2.20 bits per heavy atom. The molecule has 0 radical (unpaired) electrons. The Labute approximate surface area is 147 Å². The summed E-state index contributed by atoms with van der Waals surface area (Å²) in [5.74, 6) is 0.589. The maximum Gasteiger partial charge on any atom is 0.150 e. The molecule has 7 nitrogen and oxygen atoms in total. The van der Waals surface area contributed by atoms with Gasteiger partial charge in [-0.05, 0) is 12.5 Å². The maximum atomic E-state index is 10.2. The van der Waals surface area contributed by atoms with Gasteiger partial charge in [-0.15, -0.1) is 5.10 Å². The van der Waals surface area contributed by atoms with Crippen molar-refractivity contribution < 1.29 is 9.84 Å². The average molecular weight is 343 g/mol. The summed E-state index contributed by atoms with van der Waals surface area (Å²) in [4.78, 5) is 2.30. The van der Waals surface area contributed by atoms with Gasteiger partial charge in [0.15, 0.2) is 5.82 Å². The minimum Gasteiger partial charge on any atom is -0.397 e. The topological polar surface area (TPSA) is 96.5 Å². The van der Waals surface area contributed by atoms with E-state index in [0.717, 1.165) is 6.54 Å². The van der Waals surface area contributed by atoms with Crippen molar-refractivity contribution in [3.8, 4) is 0 Å². The van der Waals surface area contributed by atoms with Gasteiger partial charge in [0.25, 0.3) is 0 Å². The number of aliphatic hydroxyl groups excluding tert-OH is 1. The Kier molecular flexibility index (Phi) is 5.47. The normalized spacial score (nSPS) is 24.2. The quantitative estimate of drug-likeness (QED) is 0.723. The summed E-state index contributed by atoms with van der Waals surface area (Å²) in [7, 11) is 0. The molecule has 0 spiro atoms. The molecule has 2 aromatic rings. The minimum atomic E-state index is -0.542. The van der Waals surface area contributed by atoms with Gasteiger partial charge in [0, 0.05) is 25.2 Å². The molecular formula is C18H25N5O2. The van der Waals surface area contributed by atoms with Crippen LogP contribution in [-0.2, 0) is 11.3 Å². The number of morpholine rings is 1. The molecule has 2 atom stereocenters. The molecule has 134 valence electrons. The van der Waals surface area contributed by atoms with Crippen LogP contribution in [0.1, 0.15) is 12.5 Å². The Bertz CT molecular complexity index is 684. The lowest BCUT2D eigenvalue weighted by Gasteiger charge is -2.49. The Hall–Kier alpha value is -2.22. The van der Waals surface area contributed by atoms with Gasteiger partial charge in [-0.25, -0.2) is 0 Å². The van der Waals surface area contributed by atoms with Gasteiger partial charge in [0.1, 0.15) is 0 Å². The van der Waals surface area contributed by atoms with Crippen LogP contribution in [0.2, 0.25) is 0 Å². The summed E-state index contributed by atoms with van der Waals surface area (Å²) >= 11 is 0. The third kappa shape index (κ3) is 4.07. The van der Waals surface area contributed by atoms with Crippen molar-refractivity contribution in [1.29, 1.82) is 0 Å². The van der Waals surface area contributed by atoms with Crippen LogP contribution in [0.5, 0.6) is 0 Å². The number of nitrogen functional groups attached to an aromatic ring is 1. The number of hydrogen-bond donors (Lipinski definition) is 3. The lowest BCUT2D eigenvalue weighted by atomic mass is 9.94. The smallest absolute Gasteiger partial charge is 0.150 e. The Morgan fingerprint density at radius 3 is 2.92 bits per heavy atom. The van der Waals surface area contributed by atoms with Crippen molar-refractivity contribution in [2.45, 2.75) is 25.0 Å². The van der Waals surface area contributed by atoms with Crippen molar-refractivity contribution >= 4 is 11.5 Å². The van der Waals surface area contributed by atoms with Crippen LogP contribution in [0.15, 0.2) is 42.6 Å². The molecule has 0 bridgehead atoms. The summed E-state index contributed by atoms with van der Waals surface area (Å²) in [6.07, 6.45) is 1.50. The van der Waals surface area contributed by atoms with E-state index in [1.165, 1.54) is 11.8 Å². The first-order chi connectivity index (χ1) is 12.1. The van der Waals surface area contributed by atoms with Crippen LogP contribution < -0.4 is 11.1 Å². The molecule has 0 unspecified atom stereocenters. The van der Waals surface area contributed by atoms with Gasteiger partial charge in [-0.3, -0.25) is 4.90 Å². The maximum absolute atomic E-state index is 10.2. The Morgan fingerprint density at radius 1 is 1.40 bits per heavy atom. The second-order valence-electron chi connectivity index (χ2n) is 6.59. The van der Waals surface area contributed by atoms with Crippen molar-refractivity contribution in [3.63, 3.8) is 0 Å². The first-order valence-corrected chi connectivity index (χ1v) is 8.44. The zero-order valence-corrected chi connectivity index (χ0v) is 14.4. The molecule has 4 N–H and O–H groups in total. The molecule has 0 amide bonds. The van der Waals surface area contributed by atoms with E-state index in [1.54, 1.807) is 6.07 Å². The predicted molar refractivity (Wildman–Crippen MR) is 97.0 cm³/mol. The van der Waals surface area contributed by atoms with E-state index in [9.17, 15) is 5.11 Å². The van der Waals surface area contributed by atoms with Crippen molar-refractivity contribution in [1.82, 2.24) is 15.1 Å². The molecule has 7 heteroatoms. The van der Waals surface area contributed by atoms with Gasteiger partial charge in [0.05, 0.1) is 37.2 Å². The Balaban J connectivity index is 1.79. The molecule has 0 saturated carbocycles. The summed E-state index contributed by atoms with van der Waals surface area (Å²) in [5.41, 5.74) is 6.97. The molecule has 1 aliphatic heterocycles. The third-order valence-corrected chi connectivity index (χ3v) is 4.64. The first kappa shape index (κ1) is 17.6. The monoisotopic (exact) mass is 343 g/mol. The van der Waals surface area contributed by atoms with Crippen LogP contribution in [-0.4, -0.2) is 58.1 Å². The standard InChI is InChI=1S/C18H25N5O2/c1-14-10-25-13-18(12-24,11-20-17-7-16(19)8-21-22-17)23(14)9-15-5-3-2-4-6-15/h2-8,14,24H,9-13H2,1H3,(H3,19,20,22)/t14-,18+/m1/s1.